The second-order valence-electron chi connectivity index (χ2n) is 8.15. The Labute approximate surface area is 173 Å². The highest BCUT2D eigenvalue weighted by Gasteiger charge is 2.18. The van der Waals surface area contributed by atoms with E-state index >= 15 is 0 Å². The van der Waals surface area contributed by atoms with E-state index in [4.69, 9.17) is 10.7 Å². The van der Waals surface area contributed by atoms with Crippen molar-refractivity contribution in [2.75, 3.05) is 11.1 Å². The van der Waals surface area contributed by atoms with E-state index in [9.17, 15) is 4.39 Å². The normalized spacial score (nSPS) is 19.8. The lowest BCUT2D eigenvalue weighted by Gasteiger charge is -2.24. The van der Waals surface area contributed by atoms with Gasteiger partial charge in [0.15, 0.2) is 0 Å². The third kappa shape index (κ3) is 5.06. The molecular formula is C25H32FN3. The number of aliphatic imine (C=N–C) groups is 1. The maximum atomic E-state index is 14.0. The quantitative estimate of drug-likeness (QED) is 0.338. The van der Waals surface area contributed by atoms with Crippen LogP contribution in [0.5, 0.6) is 0 Å². The van der Waals surface area contributed by atoms with Crippen molar-refractivity contribution in [3.63, 3.8) is 0 Å². The van der Waals surface area contributed by atoms with Gasteiger partial charge in [-0.15, -0.1) is 0 Å². The highest BCUT2D eigenvalue weighted by atomic mass is 19.1. The summed E-state index contributed by atoms with van der Waals surface area (Å²) in [5, 5.41) is 3.52. The summed E-state index contributed by atoms with van der Waals surface area (Å²) in [4.78, 5) is 4.93. The second-order valence-corrected chi connectivity index (χ2v) is 8.15. The van der Waals surface area contributed by atoms with Crippen molar-refractivity contribution in [3.05, 3.63) is 53.9 Å². The molecule has 0 radical (unpaired) electrons. The molecule has 3 rings (SSSR count). The zero-order chi connectivity index (χ0) is 21.0. The lowest BCUT2D eigenvalue weighted by Crippen LogP contribution is -2.19. The van der Waals surface area contributed by atoms with E-state index in [1.807, 2.05) is 25.1 Å². The van der Waals surface area contributed by atoms with Gasteiger partial charge in [0.2, 0.25) is 0 Å². The Hall–Kier alpha value is -2.62. The van der Waals surface area contributed by atoms with Crippen molar-refractivity contribution in [2.45, 2.75) is 58.9 Å². The number of rotatable bonds is 5. The molecule has 0 unspecified atom stereocenters. The molecule has 0 aliphatic heterocycles. The third-order valence-electron chi connectivity index (χ3n) is 5.85. The number of amidine groups is 1. The van der Waals surface area contributed by atoms with Gasteiger partial charge in [0.1, 0.15) is 5.82 Å². The Morgan fingerprint density at radius 3 is 2.55 bits per heavy atom. The third-order valence-corrected chi connectivity index (χ3v) is 5.85. The van der Waals surface area contributed by atoms with Crippen LogP contribution < -0.4 is 11.1 Å². The summed E-state index contributed by atoms with van der Waals surface area (Å²) >= 11 is 0. The number of halogens is 1. The molecule has 0 spiro atoms. The average Bonchev–Trinajstić information content (AvgIpc) is 2.71. The topological polar surface area (TPSA) is 50.4 Å². The van der Waals surface area contributed by atoms with Gasteiger partial charge in [-0.25, -0.2) is 4.39 Å². The fourth-order valence-corrected chi connectivity index (χ4v) is 4.05. The Bertz CT molecular complexity index is 909. The molecule has 0 bridgehead atoms. The molecule has 0 heterocycles. The summed E-state index contributed by atoms with van der Waals surface area (Å²) in [5.74, 6) is 1.36. The van der Waals surface area contributed by atoms with Gasteiger partial charge < -0.3 is 11.1 Å². The standard InChI is InChI=1S/C25H32FN3/c1-5-18-13-21(20-9-12-24(27)23(26)15-20)14-19(6-2)25(18)29-17(4)28-22-10-7-16(3)8-11-22/h5,9,12-16,22H,1,6-8,10-11,27H2,2-4H3,(H,28,29). The zero-order valence-electron chi connectivity index (χ0n) is 17.8. The zero-order valence-corrected chi connectivity index (χ0v) is 17.8. The highest BCUT2D eigenvalue weighted by Crippen LogP contribution is 2.32. The van der Waals surface area contributed by atoms with Crippen molar-refractivity contribution in [1.29, 1.82) is 0 Å². The van der Waals surface area contributed by atoms with E-state index < -0.39 is 5.82 Å². The molecule has 1 fully saturated rings. The maximum Gasteiger partial charge on any atom is 0.146 e. The molecular weight excluding hydrogens is 361 g/mol. The van der Waals surface area contributed by atoms with Crippen LogP contribution in [0.15, 0.2) is 41.9 Å². The molecule has 0 atom stereocenters. The molecule has 1 aliphatic rings. The van der Waals surface area contributed by atoms with Gasteiger partial charge in [-0.2, -0.15) is 0 Å². The van der Waals surface area contributed by atoms with Crippen molar-refractivity contribution < 1.29 is 4.39 Å². The molecule has 154 valence electrons. The van der Waals surface area contributed by atoms with E-state index in [1.54, 1.807) is 6.07 Å². The molecule has 3 nitrogen and oxygen atoms in total. The summed E-state index contributed by atoms with van der Waals surface area (Å²) in [6, 6.07) is 9.50. The second kappa shape index (κ2) is 9.25. The SMILES string of the molecule is C=Cc1cc(-c2ccc(N)c(F)c2)cc(CC)c1NC(C)=NC1CCC(C)CC1. The first kappa shape index (κ1) is 21.1. The van der Waals surface area contributed by atoms with E-state index in [2.05, 4.69) is 31.8 Å². The minimum atomic E-state index is -0.396. The van der Waals surface area contributed by atoms with Gasteiger partial charge in [-0.1, -0.05) is 32.6 Å². The van der Waals surface area contributed by atoms with E-state index in [-0.39, 0.29) is 5.69 Å². The summed E-state index contributed by atoms with van der Waals surface area (Å²) in [5.41, 5.74) is 10.7. The number of benzene rings is 2. The van der Waals surface area contributed by atoms with Gasteiger partial charge in [0.25, 0.3) is 0 Å². The van der Waals surface area contributed by atoms with Crippen LogP contribution in [0.3, 0.4) is 0 Å². The van der Waals surface area contributed by atoms with Crippen molar-refractivity contribution in [2.24, 2.45) is 10.9 Å². The monoisotopic (exact) mass is 393 g/mol. The Morgan fingerprint density at radius 2 is 1.93 bits per heavy atom. The van der Waals surface area contributed by atoms with E-state index in [0.29, 0.717) is 6.04 Å². The molecule has 1 saturated carbocycles. The van der Waals surface area contributed by atoms with Gasteiger partial charge >= 0.3 is 0 Å². The molecule has 1 aliphatic carbocycles. The average molecular weight is 394 g/mol. The predicted octanol–water partition coefficient (Wildman–Crippen LogP) is 6.69. The van der Waals surface area contributed by atoms with Crippen LogP contribution in [0.1, 0.15) is 57.6 Å². The first-order chi connectivity index (χ1) is 13.9. The molecule has 4 heteroatoms. The number of aryl methyl sites for hydroxylation is 1. The fraction of sp³-hybridized carbons (Fsp3) is 0.400. The van der Waals surface area contributed by atoms with Crippen LogP contribution in [-0.4, -0.2) is 11.9 Å². The molecule has 3 N–H and O–H groups in total. The molecule has 2 aromatic rings. The van der Waals surface area contributed by atoms with Crippen molar-refractivity contribution >= 4 is 23.3 Å². The lowest BCUT2D eigenvalue weighted by molar-refractivity contribution is 0.349. The summed E-state index contributed by atoms with van der Waals surface area (Å²) in [7, 11) is 0. The maximum absolute atomic E-state index is 14.0. The van der Waals surface area contributed by atoms with Gasteiger partial charge in [0.05, 0.1) is 17.6 Å². The summed E-state index contributed by atoms with van der Waals surface area (Å²) in [6.45, 7) is 10.5. The van der Waals surface area contributed by atoms with Crippen LogP contribution in [0.4, 0.5) is 15.8 Å². The number of nitrogen functional groups attached to an aromatic ring is 1. The predicted molar refractivity (Wildman–Crippen MR) is 124 cm³/mol. The van der Waals surface area contributed by atoms with Crippen LogP contribution in [0.25, 0.3) is 17.2 Å². The van der Waals surface area contributed by atoms with Crippen LogP contribution >= 0.6 is 0 Å². The molecule has 29 heavy (non-hydrogen) atoms. The molecule has 2 aromatic carbocycles. The highest BCUT2D eigenvalue weighted by molar-refractivity contribution is 5.97. The van der Waals surface area contributed by atoms with Crippen molar-refractivity contribution in [3.8, 4) is 11.1 Å². The van der Waals surface area contributed by atoms with Crippen molar-refractivity contribution in [1.82, 2.24) is 0 Å². The van der Waals surface area contributed by atoms with Crippen LogP contribution in [0.2, 0.25) is 0 Å². The number of nitrogens with two attached hydrogens (primary N) is 1. The number of anilines is 2. The number of nitrogens with zero attached hydrogens (tertiary/aromatic N) is 1. The Balaban J connectivity index is 1.90. The largest absolute Gasteiger partial charge is 0.396 e. The number of hydrogen-bond acceptors (Lipinski definition) is 2. The van der Waals surface area contributed by atoms with E-state index in [1.165, 1.54) is 18.9 Å². The summed E-state index contributed by atoms with van der Waals surface area (Å²) < 4.78 is 14.0. The lowest BCUT2D eigenvalue weighted by atomic mass is 9.88. The smallest absolute Gasteiger partial charge is 0.146 e. The number of nitrogens with one attached hydrogen (secondary N) is 1. The Morgan fingerprint density at radius 1 is 1.21 bits per heavy atom. The molecule has 0 saturated heterocycles. The Kier molecular flexibility index (Phi) is 6.73. The number of hydrogen-bond donors (Lipinski definition) is 2. The van der Waals surface area contributed by atoms with Crippen LogP contribution in [-0.2, 0) is 6.42 Å². The minimum Gasteiger partial charge on any atom is -0.396 e. The fourth-order valence-electron chi connectivity index (χ4n) is 4.05. The van der Waals surface area contributed by atoms with Gasteiger partial charge in [-0.3, -0.25) is 4.99 Å². The van der Waals surface area contributed by atoms with E-state index in [0.717, 1.165) is 59.0 Å². The van der Waals surface area contributed by atoms with Gasteiger partial charge in [-0.05, 0) is 91.5 Å². The summed E-state index contributed by atoms with van der Waals surface area (Å²) in [6.07, 6.45) is 7.53. The molecule has 0 aromatic heterocycles. The van der Waals surface area contributed by atoms with Gasteiger partial charge in [0, 0.05) is 5.69 Å². The van der Waals surface area contributed by atoms with Crippen LogP contribution in [0, 0.1) is 11.7 Å². The minimum absolute atomic E-state index is 0.163. The first-order valence-electron chi connectivity index (χ1n) is 10.6. The first-order valence-corrected chi connectivity index (χ1v) is 10.6. The molecule has 0 amide bonds.